The molecule has 1 saturated heterocycles. The zero-order valence-electron chi connectivity index (χ0n) is 19.5. The van der Waals surface area contributed by atoms with E-state index >= 15 is 0 Å². The first-order valence-electron chi connectivity index (χ1n) is 10.9. The number of nitrogens with zero attached hydrogens (tertiary/aromatic N) is 6. The molecule has 1 aliphatic heterocycles. The smallest absolute Gasteiger partial charge is 0.244 e. The van der Waals surface area contributed by atoms with E-state index in [1.54, 1.807) is 36.7 Å². The van der Waals surface area contributed by atoms with Crippen molar-refractivity contribution in [2.24, 2.45) is 27.1 Å². The number of piperidine rings is 1. The number of hydrogen-bond donors (Lipinski definition) is 2. The van der Waals surface area contributed by atoms with Crippen molar-refractivity contribution in [1.82, 2.24) is 14.9 Å². The zero-order chi connectivity index (χ0) is 24.0. The largest absolute Gasteiger partial charge is 0.473 e. The number of ether oxygens (including phenoxy) is 1. The van der Waals surface area contributed by atoms with Gasteiger partial charge in [0.25, 0.3) is 0 Å². The Morgan fingerprint density at radius 1 is 1.18 bits per heavy atom. The molecule has 10 nitrogen and oxygen atoms in total. The Morgan fingerprint density at radius 3 is 2.39 bits per heavy atom. The summed E-state index contributed by atoms with van der Waals surface area (Å²) in [6.45, 7) is 7.47. The van der Waals surface area contributed by atoms with Crippen LogP contribution in [0.15, 0.2) is 57.0 Å². The first-order valence-corrected chi connectivity index (χ1v) is 12.8. The highest BCUT2D eigenvalue weighted by atomic mass is 32.3. The van der Waals surface area contributed by atoms with E-state index in [0.717, 1.165) is 31.5 Å². The monoisotopic (exact) mass is 474 g/mol. The minimum Gasteiger partial charge on any atom is -0.473 e. The molecule has 0 spiro atoms. The summed E-state index contributed by atoms with van der Waals surface area (Å²) in [5, 5.41) is 11.7. The Hall–Kier alpha value is -2.92. The van der Waals surface area contributed by atoms with Crippen molar-refractivity contribution in [2.75, 3.05) is 19.3 Å². The van der Waals surface area contributed by atoms with Crippen molar-refractivity contribution >= 4 is 16.2 Å². The summed E-state index contributed by atoms with van der Waals surface area (Å²) >= 11 is 0. The molecule has 0 radical (unpaired) electrons. The number of likely N-dealkylation sites (tertiary alicyclic amines) is 1. The minimum absolute atomic E-state index is 0.0207. The van der Waals surface area contributed by atoms with E-state index in [1.165, 1.54) is 6.26 Å². The molecular weight excluding hydrogens is 442 g/mol. The van der Waals surface area contributed by atoms with Gasteiger partial charge in [-0.05, 0) is 69.0 Å². The Labute approximate surface area is 195 Å². The normalized spacial score (nSPS) is 18.5. The van der Waals surface area contributed by atoms with Crippen molar-refractivity contribution in [3.8, 4) is 17.1 Å². The fourth-order valence-electron chi connectivity index (χ4n) is 3.53. The molecule has 3 N–H and O–H groups in total. The Bertz CT molecular complexity index is 1010. The molecule has 0 bridgehead atoms. The Balaban J connectivity index is 1.53. The van der Waals surface area contributed by atoms with Gasteiger partial charge in [0.05, 0.1) is 24.1 Å². The molecule has 1 aromatic heterocycles. The summed E-state index contributed by atoms with van der Waals surface area (Å²) in [7, 11) is -2.98. The number of hydrogen-bond acceptors (Lipinski definition) is 6. The number of rotatable bonds is 7. The predicted molar refractivity (Wildman–Crippen MR) is 128 cm³/mol. The molecule has 33 heavy (non-hydrogen) atoms. The average molecular weight is 475 g/mol. The number of nitrogens with two attached hydrogens (primary N) is 1. The lowest BCUT2D eigenvalue weighted by molar-refractivity contribution is 0.104. The third-order valence-electron chi connectivity index (χ3n) is 5.48. The van der Waals surface area contributed by atoms with Gasteiger partial charge in [0.1, 0.15) is 12.4 Å². The van der Waals surface area contributed by atoms with Crippen LogP contribution in [0.5, 0.6) is 5.88 Å². The van der Waals surface area contributed by atoms with Crippen molar-refractivity contribution in [1.29, 1.82) is 0 Å². The van der Waals surface area contributed by atoms with Crippen LogP contribution in [-0.2, 0) is 14.4 Å². The average Bonchev–Trinajstić information content (AvgIpc) is 2.79. The van der Waals surface area contributed by atoms with E-state index in [4.69, 9.17) is 10.5 Å². The summed E-state index contributed by atoms with van der Waals surface area (Å²) in [6, 6.07) is 6.86. The van der Waals surface area contributed by atoms with Gasteiger partial charge in [-0.25, -0.2) is 9.97 Å². The molecule has 11 heteroatoms. The highest BCUT2D eigenvalue weighted by Crippen LogP contribution is 2.25. The standard InChI is InChI=1S/C22H31N7O3S/c1-15(2)26-28-27-22(23)29-11-9-17(10-12-29)16(3)32-21-14-24-20(13-25-21)18-5-7-19(8-6-18)33(4,30)31/h5-8,13-17H,9-12H2,1-4H3,(H2-,23,26,27,30,31)/p+1. The third kappa shape index (κ3) is 7.03. The van der Waals surface area contributed by atoms with Gasteiger partial charge >= 0.3 is 0 Å². The van der Waals surface area contributed by atoms with E-state index in [1.807, 2.05) is 25.7 Å². The zero-order valence-corrected chi connectivity index (χ0v) is 20.3. The van der Waals surface area contributed by atoms with Gasteiger partial charge in [-0.2, -0.15) is 9.67 Å². The lowest BCUT2D eigenvalue weighted by Gasteiger charge is -2.34. The first kappa shape index (κ1) is 24.7. The molecule has 2 aromatic rings. The van der Waals surface area contributed by atoms with E-state index in [-0.39, 0.29) is 12.1 Å². The van der Waals surface area contributed by atoms with Gasteiger partial charge in [0.2, 0.25) is 22.1 Å². The van der Waals surface area contributed by atoms with Gasteiger partial charge in [-0.3, -0.25) is 0 Å². The van der Waals surface area contributed by atoms with Crippen LogP contribution in [0, 0.1) is 5.92 Å². The molecule has 1 fully saturated rings. The van der Waals surface area contributed by atoms with Gasteiger partial charge in [0, 0.05) is 18.7 Å². The van der Waals surface area contributed by atoms with E-state index in [2.05, 4.69) is 25.4 Å². The fourth-order valence-corrected chi connectivity index (χ4v) is 4.17. The van der Waals surface area contributed by atoms with E-state index in [9.17, 15) is 8.76 Å². The maximum absolute atomic E-state index is 11.7. The maximum atomic E-state index is 11.7. The van der Waals surface area contributed by atoms with Crippen molar-refractivity contribution in [3.63, 3.8) is 0 Å². The second-order valence-electron chi connectivity index (χ2n) is 8.47. The molecule has 178 valence electrons. The maximum Gasteiger partial charge on any atom is 0.244 e. The van der Waals surface area contributed by atoms with Crippen LogP contribution < -0.4 is 10.5 Å². The van der Waals surface area contributed by atoms with Crippen LogP contribution in [0.25, 0.3) is 11.3 Å². The second-order valence-corrected chi connectivity index (χ2v) is 10.5. The molecule has 0 amide bonds. The van der Waals surface area contributed by atoms with Crippen molar-refractivity contribution in [3.05, 3.63) is 36.7 Å². The topological polar surface area (TPSA) is 139 Å². The van der Waals surface area contributed by atoms with Crippen LogP contribution in [0.4, 0.5) is 0 Å². The molecule has 2 heterocycles. The molecule has 2 atom stereocenters. The molecule has 0 saturated carbocycles. The summed E-state index contributed by atoms with van der Waals surface area (Å²) in [4.78, 5) is 11.2. The van der Waals surface area contributed by atoms with Crippen molar-refractivity contribution < 1.29 is 13.5 Å². The van der Waals surface area contributed by atoms with Crippen molar-refractivity contribution in [2.45, 2.75) is 50.7 Å². The fraction of sp³-hybridized carbons (Fsp3) is 0.500. The van der Waals surface area contributed by atoms with E-state index in [0.29, 0.717) is 28.3 Å². The van der Waals surface area contributed by atoms with Gasteiger partial charge in [0.15, 0.2) is 4.90 Å². The van der Waals surface area contributed by atoms with Gasteiger partial charge in [-0.15, -0.1) is 0 Å². The molecule has 0 aliphatic carbocycles. The predicted octanol–water partition coefficient (Wildman–Crippen LogP) is 3.67. The Kier molecular flexibility index (Phi) is 8.09. The van der Waals surface area contributed by atoms with Crippen LogP contribution >= 0.6 is 0 Å². The second kappa shape index (κ2) is 10.8. The number of benzene rings is 1. The number of guanidine groups is 1. The van der Waals surface area contributed by atoms with E-state index < -0.39 is 10.2 Å². The molecule has 3 rings (SSSR count). The highest BCUT2D eigenvalue weighted by Gasteiger charge is 2.26. The first-order chi connectivity index (χ1) is 15.6. The van der Waals surface area contributed by atoms with Gasteiger partial charge in [-0.1, -0.05) is 9.31 Å². The number of aromatic nitrogens is 2. The third-order valence-corrected chi connectivity index (χ3v) is 6.63. The van der Waals surface area contributed by atoms with Crippen LogP contribution in [0.3, 0.4) is 0 Å². The van der Waals surface area contributed by atoms with Crippen LogP contribution in [-0.4, -0.2) is 56.9 Å². The molecule has 2 unspecified atom stereocenters. The lowest BCUT2D eigenvalue weighted by atomic mass is 9.92. The van der Waals surface area contributed by atoms with Crippen LogP contribution in [0.2, 0.25) is 0 Å². The van der Waals surface area contributed by atoms with Gasteiger partial charge < -0.3 is 15.4 Å². The Morgan fingerprint density at radius 2 is 1.85 bits per heavy atom. The molecular formula is C22H32N7O3S+. The van der Waals surface area contributed by atoms with Crippen LogP contribution in [0.1, 0.15) is 33.6 Å². The summed E-state index contributed by atoms with van der Waals surface area (Å²) < 4.78 is 27.4. The summed E-state index contributed by atoms with van der Waals surface area (Å²) in [5.41, 5.74) is 7.50. The minimum atomic E-state index is -2.98. The quantitative estimate of drug-likeness (QED) is 0.205. The summed E-state index contributed by atoms with van der Waals surface area (Å²) in [6.07, 6.45) is 6.36. The SMILES string of the molecule is CC(C)N=NN=C(N)N1CCC(C(C)Oc2cnc(-c3ccc([S+](C)(=O)O)cc3)cn2)CC1. The molecule has 1 aliphatic rings. The highest BCUT2D eigenvalue weighted by molar-refractivity contribution is 7.97. The summed E-state index contributed by atoms with van der Waals surface area (Å²) in [5.74, 6) is 1.22. The molecule has 1 aromatic carbocycles. The lowest BCUT2D eigenvalue weighted by Crippen LogP contribution is -2.45.